The summed E-state index contributed by atoms with van der Waals surface area (Å²) in [6.07, 6.45) is 2.22. The zero-order valence-corrected chi connectivity index (χ0v) is 14.6. The summed E-state index contributed by atoms with van der Waals surface area (Å²) >= 11 is 1.25. The van der Waals surface area contributed by atoms with Gasteiger partial charge in [0.05, 0.1) is 5.56 Å². The molecule has 1 atom stereocenters. The van der Waals surface area contributed by atoms with E-state index in [-0.39, 0.29) is 17.5 Å². The van der Waals surface area contributed by atoms with Gasteiger partial charge >= 0.3 is 5.97 Å². The van der Waals surface area contributed by atoms with Crippen LogP contribution in [0.3, 0.4) is 0 Å². The van der Waals surface area contributed by atoms with Gasteiger partial charge in [-0.3, -0.25) is 4.79 Å². The maximum atomic E-state index is 12.8. The number of nitrogens with one attached hydrogen (secondary N) is 1. The van der Waals surface area contributed by atoms with Crippen LogP contribution in [-0.2, 0) is 0 Å². The smallest absolute Gasteiger partial charge is 0.337 e. The van der Waals surface area contributed by atoms with E-state index in [4.69, 9.17) is 0 Å². The summed E-state index contributed by atoms with van der Waals surface area (Å²) in [6.45, 7) is 3.08. The number of carboxylic acids is 1. The van der Waals surface area contributed by atoms with Gasteiger partial charge in [0.15, 0.2) is 0 Å². The summed E-state index contributed by atoms with van der Waals surface area (Å²) < 4.78 is 0. The molecule has 0 saturated carbocycles. The number of nitrogens with zero attached hydrogens (tertiary/aromatic N) is 1. The largest absolute Gasteiger partial charge is 0.478 e. The molecule has 0 radical (unpaired) electrons. The van der Waals surface area contributed by atoms with Crippen molar-refractivity contribution >= 4 is 23.2 Å². The molecule has 5 rings (SSSR count). The van der Waals surface area contributed by atoms with E-state index in [0.717, 1.165) is 42.9 Å². The Labute approximate surface area is 150 Å². The van der Waals surface area contributed by atoms with E-state index in [1.54, 1.807) is 6.07 Å². The normalized spacial score (nSPS) is 24.9. The van der Waals surface area contributed by atoms with Crippen LogP contribution < -0.4 is 5.32 Å². The lowest BCUT2D eigenvalue weighted by Gasteiger charge is -2.44. The highest BCUT2D eigenvalue weighted by molar-refractivity contribution is 7.17. The number of piperidine rings is 3. The van der Waals surface area contributed by atoms with Crippen LogP contribution in [-0.4, -0.2) is 47.6 Å². The molecule has 1 unspecified atom stereocenters. The average Bonchev–Trinajstić information content (AvgIpc) is 3.09. The molecule has 6 heteroatoms. The molecule has 3 saturated heterocycles. The minimum atomic E-state index is -1.06. The maximum Gasteiger partial charge on any atom is 0.337 e. The third-order valence-electron chi connectivity index (χ3n) is 5.20. The number of carbonyl (C=O) groups excluding carboxylic acids is 1. The Morgan fingerprint density at radius 2 is 1.88 bits per heavy atom. The van der Waals surface area contributed by atoms with Gasteiger partial charge in [0.2, 0.25) is 0 Å². The Kier molecular flexibility index (Phi) is 4.31. The van der Waals surface area contributed by atoms with Crippen molar-refractivity contribution < 1.29 is 14.7 Å². The molecule has 0 spiro atoms. The van der Waals surface area contributed by atoms with Crippen LogP contribution in [0.2, 0.25) is 0 Å². The molecular weight excluding hydrogens is 336 g/mol. The number of rotatable bonds is 4. The lowest BCUT2D eigenvalue weighted by atomic mass is 9.84. The standard InChI is InChI=1S/C19H20N2O3S/c22-18(20-15-11-21-8-6-12(15)7-9-21)17-14(19(23)24)10-16(25-17)13-4-2-1-3-5-13/h1-5,10,12,15H,6-9,11H2,(H,20,22)(H,23,24). The number of hydrogen-bond acceptors (Lipinski definition) is 4. The summed E-state index contributed by atoms with van der Waals surface area (Å²) in [5, 5.41) is 12.6. The van der Waals surface area contributed by atoms with Crippen LogP contribution >= 0.6 is 11.3 Å². The molecule has 4 heterocycles. The minimum absolute atomic E-state index is 0.0858. The van der Waals surface area contributed by atoms with E-state index in [9.17, 15) is 14.7 Å². The lowest BCUT2D eigenvalue weighted by Crippen LogP contribution is -2.57. The molecule has 2 bridgehead atoms. The number of benzene rings is 1. The Bertz CT molecular complexity index is 794. The van der Waals surface area contributed by atoms with Gasteiger partial charge in [-0.1, -0.05) is 30.3 Å². The minimum Gasteiger partial charge on any atom is -0.478 e. The number of aromatic carboxylic acids is 1. The van der Waals surface area contributed by atoms with Crippen molar-refractivity contribution in [2.45, 2.75) is 18.9 Å². The van der Waals surface area contributed by atoms with Gasteiger partial charge in [-0.05, 0) is 43.5 Å². The molecule has 3 aliphatic heterocycles. The summed E-state index contributed by atoms with van der Waals surface area (Å²) in [5.41, 5.74) is 1.01. The second-order valence-corrected chi connectivity index (χ2v) is 7.79. The molecule has 1 aromatic heterocycles. The van der Waals surface area contributed by atoms with Crippen molar-refractivity contribution in [1.29, 1.82) is 0 Å². The number of amides is 1. The number of fused-ring (bicyclic) bond motifs is 3. The highest BCUT2D eigenvalue weighted by atomic mass is 32.1. The third kappa shape index (κ3) is 3.19. The molecule has 130 valence electrons. The first-order valence-electron chi connectivity index (χ1n) is 8.57. The Hall–Kier alpha value is -2.18. The number of carbonyl (C=O) groups is 2. The molecule has 0 aliphatic carbocycles. The van der Waals surface area contributed by atoms with E-state index in [2.05, 4.69) is 10.2 Å². The van der Waals surface area contributed by atoms with Crippen LogP contribution in [0.15, 0.2) is 36.4 Å². The fourth-order valence-corrected chi connectivity index (χ4v) is 4.88. The first-order valence-corrected chi connectivity index (χ1v) is 9.39. The predicted molar refractivity (Wildman–Crippen MR) is 97.1 cm³/mol. The Balaban J connectivity index is 1.59. The number of carboxylic acid groups (broad SMARTS) is 1. The average molecular weight is 356 g/mol. The zero-order chi connectivity index (χ0) is 17.4. The number of thiophene rings is 1. The molecule has 25 heavy (non-hydrogen) atoms. The van der Waals surface area contributed by atoms with Crippen LogP contribution in [0.1, 0.15) is 32.9 Å². The van der Waals surface area contributed by atoms with Crippen molar-refractivity contribution in [2.75, 3.05) is 19.6 Å². The lowest BCUT2D eigenvalue weighted by molar-refractivity contribution is 0.0614. The Morgan fingerprint density at radius 3 is 2.48 bits per heavy atom. The molecule has 2 N–H and O–H groups in total. The van der Waals surface area contributed by atoms with E-state index in [1.807, 2.05) is 30.3 Å². The molecule has 5 nitrogen and oxygen atoms in total. The molecule has 1 amide bonds. The second kappa shape index (κ2) is 6.61. The molecule has 3 fully saturated rings. The zero-order valence-electron chi connectivity index (χ0n) is 13.8. The highest BCUT2D eigenvalue weighted by Crippen LogP contribution is 2.33. The van der Waals surface area contributed by atoms with E-state index in [1.165, 1.54) is 11.3 Å². The summed E-state index contributed by atoms with van der Waals surface area (Å²) in [6, 6.07) is 11.3. The van der Waals surface area contributed by atoms with Crippen molar-refractivity contribution in [3.05, 3.63) is 46.8 Å². The SMILES string of the molecule is O=C(O)c1cc(-c2ccccc2)sc1C(=O)NC1CN2CCC1CC2. The fourth-order valence-electron chi connectivity index (χ4n) is 3.83. The van der Waals surface area contributed by atoms with E-state index < -0.39 is 5.97 Å². The van der Waals surface area contributed by atoms with Crippen molar-refractivity contribution in [2.24, 2.45) is 5.92 Å². The third-order valence-corrected chi connectivity index (χ3v) is 6.38. The first-order chi connectivity index (χ1) is 12.1. The number of hydrogen-bond donors (Lipinski definition) is 2. The van der Waals surface area contributed by atoms with Gasteiger partial charge < -0.3 is 15.3 Å². The van der Waals surface area contributed by atoms with Crippen LogP contribution in [0, 0.1) is 5.92 Å². The highest BCUT2D eigenvalue weighted by Gasteiger charge is 2.35. The molecular formula is C19H20N2O3S. The van der Waals surface area contributed by atoms with Gasteiger partial charge in [-0.2, -0.15) is 0 Å². The van der Waals surface area contributed by atoms with Gasteiger partial charge in [0.25, 0.3) is 5.91 Å². The van der Waals surface area contributed by atoms with Crippen molar-refractivity contribution in [3.8, 4) is 10.4 Å². The van der Waals surface area contributed by atoms with Gasteiger partial charge in [-0.15, -0.1) is 11.3 Å². The van der Waals surface area contributed by atoms with E-state index >= 15 is 0 Å². The van der Waals surface area contributed by atoms with Crippen molar-refractivity contribution in [1.82, 2.24) is 10.2 Å². The van der Waals surface area contributed by atoms with Crippen LogP contribution in [0.25, 0.3) is 10.4 Å². The molecule has 3 aliphatic rings. The van der Waals surface area contributed by atoms with Gasteiger partial charge in [-0.25, -0.2) is 4.79 Å². The quantitative estimate of drug-likeness (QED) is 0.884. The summed E-state index contributed by atoms with van der Waals surface area (Å²) in [5.74, 6) is -0.809. The summed E-state index contributed by atoms with van der Waals surface area (Å²) in [7, 11) is 0. The monoisotopic (exact) mass is 356 g/mol. The van der Waals surface area contributed by atoms with Gasteiger partial charge in [0, 0.05) is 17.5 Å². The first kappa shape index (κ1) is 16.3. The Morgan fingerprint density at radius 1 is 1.16 bits per heavy atom. The predicted octanol–water partition coefficient (Wildman–Crippen LogP) is 2.94. The molecule has 1 aromatic carbocycles. The fraction of sp³-hybridized carbons (Fsp3) is 0.368. The summed E-state index contributed by atoms with van der Waals surface area (Å²) in [4.78, 5) is 27.9. The van der Waals surface area contributed by atoms with E-state index in [0.29, 0.717) is 10.8 Å². The van der Waals surface area contributed by atoms with Gasteiger partial charge in [0.1, 0.15) is 4.88 Å². The topological polar surface area (TPSA) is 69.6 Å². The van der Waals surface area contributed by atoms with Crippen molar-refractivity contribution in [3.63, 3.8) is 0 Å². The molecule has 2 aromatic rings. The van der Waals surface area contributed by atoms with Crippen LogP contribution in [0.4, 0.5) is 0 Å². The second-order valence-electron chi connectivity index (χ2n) is 6.74. The van der Waals surface area contributed by atoms with Crippen LogP contribution in [0.5, 0.6) is 0 Å². The maximum absolute atomic E-state index is 12.8.